The molecule has 0 radical (unpaired) electrons. The lowest BCUT2D eigenvalue weighted by Crippen LogP contribution is -2.36. The molecule has 1 N–H and O–H groups in total. The van der Waals surface area contributed by atoms with E-state index in [0.29, 0.717) is 0 Å². The van der Waals surface area contributed by atoms with Gasteiger partial charge in [-0.25, -0.2) is 4.98 Å². The smallest absolute Gasteiger partial charge is 0.146 e. The maximum absolute atomic E-state index is 5.64. The van der Waals surface area contributed by atoms with Crippen LogP contribution >= 0.6 is 0 Å². The number of hydrazone groups is 1. The van der Waals surface area contributed by atoms with E-state index in [-0.39, 0.29) is 0 Å². The van der Waals surface area contributed by atoms with Crippen molar-refractivity contribution < 1.29 is 4.74 Å². The first-order valence-corrected chi connectivity index (χ1v) is 13.0. The van der Waals surface area contributed by atoms with E-state index in [0.717, 1.165) is 69.0 Å². The number of nitrogens with one attached hydrogen (secondary N) is 1. The second kappa shape index (κ2) is 11.4. The summed E-state index contributed by atoms with van der Waals surface area (Å²) in [5.41, 5.74) is 10.6. The summed E-state index contributed by atoms with van der Waals surface area (Å²) in [4.78, 5) is 9.50. The predicted molar refractivity (Wildman–Crippen MR) is 150 cm³/mol. The number of allylic oxidation sites excluding steroid dienone is 2. The lowest BCUT2D eigenvalue weighted by atomic mass is 10.1. The fourth-order valence-electron chi connectivity index (χ4n) is 5.05. The van der Waals surface area contributed by atoms with Gasteiger partial charge in [0, 0.05) is 42.9 Å². The number of rotatable bonds is 8. The third-order valence-electron chi connectivity index (χ3n) is 6.96. The normalized spacial score (nSPS) is 17.5. The third kappa shape index (κ3) is 5.44. The number of hydrogen-bond donors (Lipinski definition) is 1. The summed E-state index contributed by atoms with van der Waals surface area (Å²) >= 11 is 0. The van der Waals surface area contributed by atoms with E-state index in [1.54, 1.807) is 0 Å². The van der Waals surface area contributed by atoms with E-state index < -0.39 is 0 Å². The van der Waals surface area contributed by atoms with Crippen molar-refractivity contribution in [3.8, 4) is 0 Å². The molecule has 2 aliphatic rings. The number of fused-ring (bicyclic) bond motifs is 1. The summed E-state index contributed by atoms with van der Waals surface area (Å²) in [7, 11) is 0. The fourth-order valence-corrected chi connectivity index (χ4v) is 5.05. The fraction of sp³-hybridized carbons (Fsp3) is 0.333. The molecule has 36 heavy (non-hydrogen) atoms. The average Bonchev–Trinajstić information content (AvgIpc) is 3.32. The minimum atomic E-state index is 0.750. The molecule has 0 atom stereocenters. The van der Waals surface area contributed by atoms with Gasteiger partial charge in [-0.05, 0) is 79.8 Å². The summed E-state index contributed by atoms with van der Waals surface area (Å²) in [6.07, 6.45) is 6.31. The Labute approximate surface area is 214 Å². The van der Waals surface area contributed by atoms with Crippen LogP contribution in [0.15, 0.2) is 82.6 Å². The quantitative estimate of drug-likeness (QED) is 0.319. The number of morpholine rings is 1. The highest BCUT2D eigenvalue weighted by molar-refractivity contribution is 5.85. The Hall–Kier alpha value is -3.64. The summed E-state index contributed by atoms with van der Waals surface area (Å²) in [6.45, 7) is 9.78. The van der Waals surface area contributed by atoms with Crippen LogP contribution in [0.2, 0.25) is 0 Å². The molecule has 1 aliphatic heterocycles. The first-order valence-electron chi connectivity index (χ1n) is 13.0. The molecule has 1 aromatic heterocycles. The molecule has 1 fully saturated rings. The number of anilines is 2. The molecule has 186 valence electrons. The Balaban J connectivity index is 1.38. The zero-order valence-electron chi connectivity index (χ0n) is 21.3. The van der Waals surface area contributed by atoms with Crippen LogP contribution in [0, 0.1) is 0 Å². The molecule has 0 spiro atoms. The SMILES string of the molecule is CCN(CC)c1ccc(/C=C2\CCC(/C=N\Nc3ccc4ccccc4n3)=C2N2CCOCC2)cc1. The number of para-hydroxylation sites is 1. The summed E-state index contributed by atoms with van der Waals surface area (Å²) < 4.78 is 5.64. The van der Waals surface area contributed by atoms with Crippen LogP contribution in [-0.2, 0) is 4.74 Å². The maximum Gasteiger partial charge on any atom is 0.146 e. The second-order valence-electron chi connectivity index (χ2n) is 9.17. The Morgan fingerprint density at radius 1 is 0.972 bits per heavy atom. The molecule has 1 saturated heterocycles. The van der Waals surface area contributed by atoms with Gasteiger partial charge in [-0.15, -0.1) is 0 Å². The van der Waals surface area contributed by atoms with Crippen LogP contribution in [0.5, 0.6) is 0 Å². The largest absolute Gasteiger partial charge is 0.378 e. The molecular weight excluding hydrogens is 446 g/mol. The van der Waals surface area contributed by atoms with Crippen molar-refractivity contribution in [2.75, 3.05) is 49.7 Å². The molecule has 3 aromatic rings. The molecule has 2 aromatic carbocycles. The van der Waals surface area contributed by atoms with Gasteiger partial charge in [0.2, 0.25) is 0 Å². The van der Waals surface area contributed by atoms with E-state index in [1.165, 1.54) is 28.1 Å². The minimum Gasteiger partial charge on any atom is -0.378 e. The molecule has 0 amide bonds. The number of ether oxygens (including phenoxy) is 1. The zero-order chi connectivity index (χ0) is 24.7. The van der Waals surface area contributed by atoms with E-state index in [9.17, 15) is 0 Å². The highest BCUT2D eigenvalue weighted by Gasteiger charge is 2.25. The summed E-state index contributed by atoms with van der Waals surface area (Å²) in [6, 6.07) is 21.1. The molecule has 6 nitrogen and oxygen atoms in total. The lowest BCUT2D eigenvalue weighted by molar-refractivity contribution is 0.0548. The number of benzene rings is 2. The molecule has 0 unspecified atom stereocenters. The topological polar surface area (TPSA) is 53.0 Å². The summed E-state index contributed by atoms with van der Waals surface area (Å²) in [5.74, 6) is 0.750. The Bertz CT molecular complexity index is 1270. The Kier molecular flexibility index (Phi) is 7.62. The molecule has 2 heterocycles. The van der Waals surface area contributed by atoms with Crippen molar-refractivity contribution in [1.82, 2.24) is 9.88 Å². The van der Waals surface area contributed by atoms with Gasteiger partial charge in [0.25, 0.3) is 0 Å². The van der Waals surface area contributed by atoms with Gasteiger partial charge in [-0.1, -0.05) is 30.3 Å². The average molecular weight is 482 g/mol. The Morgan fingerprint density at radius 3 is 2.53 bits per heavy atom. The molecule has 6 heteroatoms. The van der Waals surface area contributed by atoms with Crippen molar-refractivity contribution in [2.24, 2.45) is 5.10 Å². The highest BCUT2D eigenvalue weighted by Crippen LogP contribution is 2.35. The maximum atomic E-state index is 5.64. The third-order valence-corrected chi connectivity index (χ3v) is 6.96. The first kappa shape index (κ1) is 24.1. The van der Waals surface area contributed by atoms with Crippen LogP contribution in [0.4, 0.5) is 11.5 Å². The van der Waals surface area contributed by atoms with Crippen molar-refractivity contribution in [1.29, 1.82) is 0 Å². The van der Waals surface area contributed by atoms with E-state index in [1.807, 2.05) is 30.5 Å². The van der Waals surface area contributed by atoms with Gasteiger partial charge >= 0.3 is 0 Å². The van der Waals surface area contributed by atoms with Crippen LogP contribution in [0.1, 0.15) is 32.3 Å². The molecular formula is C30H35N5O. The highest BCUT2D eigenvalue weighted by atomic mass is 16.5. The van der Waals surface area contributed by atoms with Crippen LogP contribution < -0.4 is 10.3 Å². The number of aromatic nitrogens is 1. The van der Waals surface area contributed by atoms with E-state index in [4.69, 9.17) is 4.74 Å². The standard InChI is InChI=1S/C30H35N5O/c1-3-34(4-2)27-14-9-23(10-15-27)21-25-11-12-26(30(25)35-17-19-36-20-18-35)22-31-33-29-16-13-24-7-5-6-8-28(24)32-29/h5-10,13-16,21-22H,3-4,11-12,17-20H2,1-2H3,(H,32,33)/b25-21+,31-22-. The molecule has 0 saturated carbocycles. The van der Waals surface area contributed by atoms with Crippen LogP contribution in [-0.4, -0.2) is 55.5 Å². The van der Waals surface area contributed by atoms with Gasteiger partial charge in [0.15, 0.2) is 0 Å². The van der Waals surface area contributed by atoms with Crippen molar-refractivity contribution in [3.05, 3.63) is 83.1 Å². The number of pyridine rings is 1. The Morgan fingerprint density at radius 2 is 1.75 bits per heavy atom. The molecule has 5 rings (SSSR count). The predicted octanol–water partition coefficient (Wildman–Crippen LogP) is 5.94. The van der Waals surface area contributed by atoms with Crippen molar-refractivity contribution in [3.63, 3.8) is 0 Å². The van der Waals surface area contributed by atoms with Gasteiger partial charge in [0.05, 0.1) is 24.9 Å². The zero-order valence-corrected chi connectivity index (χ0v) is 21.3. The summed E-state index contributed by atoms with van der Waals surface area (Å²) in [5, 5.41) is 5.71. The van der Waals surface area contributed by atoms with Gasteiger partial charge in [-0.2, -0.15) is 5.10 Å². The van der Waals surface area contributed by atoms with Crippen molar-refractivity contribution >= 4 is 34.7 Å². The number of hydrogen-bond acceptors (Lipinski definition) is 6. The molecule has 0 bridgehead atoms. The van der Waals surface area contributed by atoms with Gasteiger partial charge < -0.3 is 14.5 Å². The van der Waals surface area contributed by atoms with Gasteiger partial charge in [-0.3, -0.25) is 5.43 Å². The van der Waals surface area contributed by atoms with E-state index >= 15 is 0 Å². The minimum absolute atomic E-state index is 0.750. The van der Waals surface area contributed by atoms with Crippen LogP contribution in [0.25, 0.3) is 17.0 Å². The van der Waals surface area contributed by atoms with Gasteiger partial charge in [0.1, 0.15) is 5.82 Å². The number of nitrogens with zero attached hydrogens (tertiary/aromatic N) is 4. The molecule has 1 aliphatic carbocycles. The van der Waals surface area contributed by atoms with E-state index in [2.05, 4.69) is 81.6 Å². The monoisotopic (exact) mass is 481 g/mol. The van der Waals surface area contributed by atoms with Crippen LogP contribution in [0.3, 0.4) is 0 Å². The first-order chi connectivity index (χ1) is 17.7. The lowest BCUT2D eigenvalue weighted by Gasteiger charge is -2.31. The second-order valence-corrected chi connectivity index (χ2v) is 9.17. The van der Waals surface area contributed by atoms with Crippen molar-refractivity contribution in [2.45, 2.75) is 26.7 Å².